The Kier molecular flexibility index (Phi) is 6.01. The topological polar surface area (TPSA) is 63.4 Å². The lowest BCUT2D eigenvalue weighted by molar-refractivity contribution is 0.271. The molecule has 20 heavy (non-hydrogen) atoms. The van der Waals surface area contributed by atoms with Crippen molar-refractivity contribution in [3.63, 3.8) is 0 Å². The van der Waals surface area contributed by atoms with Crippen molar-refractivity contribution in [2.24, 2.45) is 11.7 Å². The molecule has 1 saturated heterocycles. The van der Waals surface area contributed by atoms with Crippen molar-refractivity contribution in [1.82, 2.24) is 4.31 Å². The van der Waals surface area contributed by atoms with Crippen LogP contribution in [0.4, 0.5) is 0 Å². The van der Waals surface area contributed by atoms with Gasteiger partial charge in [-0.15, -0.1) is 12.4 Å². The highest BCUT2D eigenvalue weighted by molar-refractivity contribution is 7.89. The van der Waals surface area contributed by atoms with Crippen LogP contribution in [-0.2, 0) is 10.0 Å². The molecular formula is C14H23ClN2O2S. The maximum absolute atomic E-state index is 12.7. The fourth-order valence-electron chi connectivity index (χ4n) is 2.67. The van der Waals surface area contributed by atoms with Gasteiger partial charge in [0.25, 0.3) is 0 Å². The van der Waals surface area contributed by atoms with Crippen LogP contribution in [0.3, 0.4) is 0 Å². The fourth-order valence-corrected chi connectivity index (χ4v) is 4.43. The van der Waals surface area contributed by atoms with Crippen LogP contribution in [0, 0.1) is 19.8 Å². The maximum Gasteiger partial charge on any atom is 0.243 e. The molecule has 1 aromatic rings. The average molecular weight is 319 g/mol. The van der Waals surface area contributed by atoms with Crippen LogP contribution < -0.4 is 5.73 Å². The van der Waals surface area contributed by atoms with Crippen LogP contribution in [0.5, 0.6) is 0 Å². The van der Waals surface area contributed by atoms with Gasteiger partial charge in [0.15, 0.2) is 0 Å². The summed E-state index contributed by atoms with van der Waals surface area (Å²) in [5.74, 6) is 0.286. The highest BCUT2D eigenvalue weighted by atomic mass is 35.5. The van der Waals surface area contributed by atoms with Gasteiger partial charge in [0.05, 0.1) is 4.90 Å². The molecule has 1 aliphatic rings. The van der Waals surface area contributed by atoms with Crippen LogP contribution in [0.2, 0.25) is 0 Å². The summed E-state index contributed by atoms with van der Waals surface area (Å²) in [7, 11) is -3.37. The van der Waals surface area contributed by atoms with Crippen LogP contribution in [0.25, 0.3) is 0 Å². The summed E-state index contributed by atoms with van der Waals surface area (Å²) < 4.78 is 26.9. The van der Waals surface area contributed by atoms with E-state index in [1.807, 2.05) is 26.0 Å². The first-order valence-corrected chi connectivity index (χ1v) is 8.16. The van der Waals surface area contributed by atoms with Crippen molar-refractivity contribution in [1.29, 1.82) is 0 Å². The van der Waals surface area contributed by atoms with Gasteiger partial charge in [-0.2, -0.15) is 4.31 Å². The number of halogens is 1. The molecule has 2 rings (SSSR count). The summed E-state index contributed by atoms with van der Waals surface area (Å²) in [6.45, 7) is 5.52. The molecule has 1 fully saturated rings. The molecule has 0 spiro atoms. The number of benzene rings is 1. The molecule has 1 heterocycles. The minimum Gasteiger partial charge on any atom is -0.330 e. The normalized spacial score (nSPS) is 20.4. The van der Waals surface area contributed by atoms with E-state index in [4.69, 9.17) is 5.73 Å². The molecule has 1 unspecified atom stereocenters. The standard InChI is InChI=1S/C14H22N2O2S.ClH/c1-11-5-6-14(12(2)8-11)19(17,18)16-7-3-4-13(9-15)10-16;/h5-6,8,13H,3-4,7,9-10,15H2,1-2H3;1H. The van der Waals surface area contributed by atoms with Crippen molar-refractivity contribution in [2.45, 2.75) is 31.6 Å². The Bertz CT molecular complexity index is 560. The quantitative estimate of drug-likeness (QED) is 0.928. The van der Waals surface area contributed by atoms with Gasteiger partial charge >= 0.3 is 0 Å². The summed E-state index contributed by atoms with van der Waals surface area (Å²) >= 11 is 0. The largest absolute Gasteiger partial charge is 0.330 e. The van der Waals surface area contributed by atoms with Crippen LogP contribution in [0.15, 0.2) is 23.1 Å². The zero-order valence-corrected chi connectivity index (χ0v) is 13.6. The van der Waals surface area contributed by atoms with Gasteiger partial charge in [-0.3, -0.25) is 0 Å². The second kappa shape index (κ2) is 6.89. The SMILES string of the molecule is Cc1ccc(S(=O)(=O)N2CCCC(CN)C2)c(C)c1.Cl. The highest BCUT2D eigenvalue weighted by Crippen LogP contribution is 2.25. The minimum atomic E-state index is -3.37. The first kappa shape index (κ1) is 17.4. The number of piperidine rings is 1. The Hall–Kier alpha value is -0.620. The molecule has 0 amide bonds. The van der Waals surface area contributed by atoms with E-state index < -0.39 is 10.0 Å². The Morgan fingerprint density at radius 2 is 2.05 bits per heavy atom. The molecule has 6 heteroatoms. The highest BCUT2D eigenvalue weighted by Gasteiger charge is 2.30. The summed E-state index contributed by atoms with van der Waals surface area (Å²) in [4.78, 5) is 0.427. The lowest BCUT2D eigenvalue weighted by atomic mass is 10.0. The Morgan fingerprint density at radius 3 is 2.65 bits per heavy atom. The van der Waals surface area contributed by atoms with Crippen molar-refractivity contribution in [3.8, 4) is 0 Å². The molecule has 0 bridgehead atoms. The van der Waals surface area contributed by atoms with Gasteiger partial charge in [0, 0.05) is 13.1 Å². The lowest BCUT2D eigenvalue weighted by Crippen LogP contribution is -2.42. The fraction of sp³-hybridized carbons (Fsp3) is 0.571. The second-order valence-corrected chi connectivity index (χ2v) is 7.28. The smallest absolute Gasteiger partial charge is 0.243 e. The lowest BCUT2D eigenvalue weighted by Gasteiger charge is -2.31. The monoisotopic (exact) mass is 318 g/mol. The molecule has 0 saturated carbocycles. The number of rotatable bonds is 3. The summed E-state index contributed by atoms with van der Waals surface area (Å²) in [6.07, 6.45) is 1.92. The zero-order chi connectivity index (χ0) is 14.0. The molecule has 1 aromatic carbocycles. The van der Waals surface area contributed by atoms with E-state index in [2.05, 4.69) is 0 Å². The van der Waals surface area contributed by atoms with E-state index in [0.717, 1.165) is 24.0 Å². The van der Waals surface area contributed by atoms with Gasteiger partial charge in [0.2, 0.25) is 10.0 Å². The van der Waals surface area contributed by atoms with Crippen molar-refractivity contribution in [2.75, 3.05) is 19.6 Å². The van der Waals surface area contributed by atoms with Crippen LogP contribution in [0.1, 0.15) is 24.0 Å². The molecule has 0 aromatic heterocycles. The number of nitrogens with two attached hydrogens (primary N) is 1. The predicted molar refractivity (Wildman–Crippen MR) is 83.7 cm³/mol. The van der Waals surface area contributed by atoms with E-state index in [1.54, 1.807) is 10.4 Å². The van der Waals surface area contributed by atoms with Gasteiger partial charge in [-0.25, -0.2) is 8.42 Å². The summed E-state index contributed by atoms with van der Waals surface area (Å²) in [6, 6.07) is 5.48. The van der Waals surface area contributed by atoms with Crippen molar-refractivity contribution in [3.05, 3.63) is 29.3 Å². The second-order valence-electron chi connectivity index (χ2n) is 5.38. The first-order valence-electron chi connectivity index (χ1n) is 6.72. The van der Waals surface area contributed by atoms with Gasteiger partial charge in [-0.1, -0.05) is 17.7 Å². The number of hydrogen-bond acceptors (Lipinski definition) is 3. The van der Waals surface area contributed by atoms with Crippen molar-refractivity contribution >= 4 is 22.4 Å². The molecule has 4 nitrogen and oxygen atoms in total. The predicted octanol–water partition coefficient (Wildman–Crippen LogP) is 2.08. The average Bonchev–Trinajstić information content (AvgIpc) is 2.38. The molecule has 1 aliphatic heterocycles. The number of hydrogen-bond donors (Lipinski definition) is 1. The third kappa shape index (κ3) is 3.52. The Morgan fingerprint density at radius 1 is 1.35 bits per heavy atom. The molecule has 1 atom stereocenters. The maximum atomic E-state index is 12.7. The van der Waals surface area contributed by atoms with E-state index in [-0.39, 0.29) is 18.3 Å². The van der Waals surface area contributed by atoms with Gasteiger partial charge in [0.1, 0.15) is 0 Å². The van der Waals surface area contributed by atoms with E-state index >= 15 is 0 Å². The molecular weight excluding hydrogens is 296 g/mol. The number of sulfonamides is 1. The summed E-state index contributed by atoms with van der Waals surface area (Å²) in [5, 5.41) is 0. The van der Waals surface area contributed by atoms with Crippen LogP contribution in [-0.4, -0.2) is 32.4 Å². The first-order chi connectivity index (χ1) is 8.95. The van der Waals surface area contributed by atoms with Crippen LogP contribution >= 0.6 is 12.4 Å². The summed E-state index contributed by atoms with van der Waals surface area (Å²) in [5.41, 5.74) is 7.57. The van der Waals surface area contributed by atoms with E-state index in [9.17, 15) is 8.42 Å². The number of nitrogens with zero attached hydrogens (tertiary/aromatic N) is 1. The van der Waals surface area contributed by atoms with Gasteiger partial charge in [-0.05, 0) is 50.8 Å². The third-order valence-electron chi connectivity index (χ3n) is 3.76. The Balaban J connectivity index is 0.00000200. The van der Waals surface area contributed by atoms with Gasteiger partial charge < -0.3 is 5.73 Å². The third-order valence-corrected chi connectivity index (χ3v) is 5.79. The van der Waals surface area contributed by atoms with E-state index in [0.29, 0.717) is 24.5 Å². The minimum absolute atomic E-state index is 0. The van der Waals surface area contributed by atoms with Crippen molar-refractivity contribution < 1.29 is 8.42 Å². The molecule has 2 N–H and O–H groups in total. The number of aryl methyl sites for hydroxylation is 2. The molecule has 0 aliphatic carbocycles. The molecule has 114 valence electrons. The Labute approximate surface area is 127 Å². The zero-order valence-electron chi connectivity index (χ0n) is 12.0. The molecule has 0 radical (unpaired) electrons. The van der Waals surface area contributed by atoms with E-state index in [1.165, 1.54) is 0 Å².